The van der Waals surface area contributed by atoms with Gasteiger partial charge in [0.25, 0.3) is 0 Å². The Kier molecular flexibility index (Phi) is 2.89. The summed E-state index contributed by atoms with van der Waals surface area (Å²) in [6.07, 6.45) is 0.859. The molecule has 0 saturated carbocycles. The van der Waals surface area contributed by atoms with Crippen LogP contribution >= 0.6 is 22.9 Å². The van der Waals surface area contributed by atoms with Gasteiger partial charge in [-0.05, 0) is 24.6 Å². The van der Waals surface area contributed by atoms with Crippen LogP contribution in [0.25, 0.3) is 10.4 Å². The molecule has 0 atom stereocenters. The Morgan fingerprint density at radius 3 is 2.73 bits per heavy atom. The van der Waals surface area contributed by atoms with Crippen molar-refractivity contribution in [3.63, 3.8) is 0 Å². The van der Waals surface area contributed by atoms with Crippen LogP contribution < -0.4 is 0 Å². The lowest BCUT2D eigenvalue weighted by Gasteiger charge is -2.03. The lowest BCUT2D eigenvalue weighted by molar-refractivity contribution is 0.112. The number of hydrogen-bond acceptors (Lipinski definition) is 2. The second kappa shape index (κ2) is 4.17. The summed E-state index contributed by atoms with van der Waals surface area (Å²) in [4.78, 5) is 12.3. The number of halogens is 1. The van der Waals surface area contributed by atoms with E-state index in [-0.39, 0.29) is 0 Å². The number of thiophene rings is 1. The van der Waals surface area contributed by atoms with Crippen LogP contribution in [0.5, 0.6) is 0 Å². The van der Waals surface area contributed by atoms with Crippen molar-refractivity contribution < 1.29 is 4.79 Å². The Hall–Kier alpha value is -1.12. The molecule has 0 N–H and O–H groups in total. The van der Waals surface area contributed by atoms with Crippen LogP contribution in [0.4, 0.5) is 0 Å². The van der Waals surface area contributed by atoms with Gasteiger partial charge >= 0.3 is 0 Å². The largest absolute Gasteiger partial charge is 0.297 e. The molecule has 76 valence electrons. The van der Waals surface area contributed by atoms with Crippen molar-refractivity contribution in [2.24, 2.45) is 0 Å². The summed E-state index contributed by atoms with van der Waals surface area (Å²) in [5, 5.41) is 0.761. The van der Waals surface area contributed by atoms with Gasteiger partial charge < -0.3 is 0 Å². The maximum absolute atomic E-state index is 10.6. The Morgan fingerprint density at radius 1 is 1.27 bits per heavy atom. The highest BCUT2D eigenvalue weighted by molar-refractivity contribution is 7.17. The molecule has 3 heteroatoms. The maximum atomic E-state index is 10.6. The minimum Gasteiger partial charge on any atom is -0.297 e. The van der Waals surface area contributed by atoms with E-state index in [2.05, 4.69) is 0 Å². The highest BCUT2D eigenvalue weighted by Gasteiger charge is 2.07. The van der Waals surface area contributed by atoms with Gasteiger partial charge in [-0.1, -0.05) is 29.8 Å². The van der Waals surface area contributed by atoms with E-state index in [1.54, 1.807) is 0 Å². The summed E-state index contributed by atoms with van der Waals surface area (Å²) in [5.41, 5.74) is 2.05. The molecule has 0 aliphatic heterocycles. The highest BCUT2D eigenvalue weighted by atomic mass is 35.5. The number of carbonyl (C=O) groups is 1. The monoisotopic (exact) mass is 236 g/mol. The molecule has 1 nitrogen and oxygen atoms in total. The van der Waals surface area contributed by atoms with Gasteiger partial charge in [0.1, 0.15) is 0 Å². The quantitative estimate of drug-likeness (QED) is 0.715. The van der Waals surface area contributed by atoms with Crippen molar-refractivity contribution >= 4 is 29.2 Å². The average Bonchev–Trinajstić information content (AvgIpc) is 2.70. The molecule has 0 spiro atoms. The van der Waals surface area contributed by atoms with Crippen molar-refractivity contribution in [2.75, 3.05) is 0 Å². The molecule has 1 aromatic carbocycles. The zero-order valence-electron chi connectivity index (χ0n) is 8.16. The molecular formula is C12H9ClOS. The first-order valence-electron chi connectivity index (χ1n) is 4.53. The van der Waals surface area contributed by atoms with Gasteiger partial charge in [0.2, 0.25) is 0 Å². The normalized spacial score (nSPS) is 10.3. The second-order valence-corrected chi connectivity index (χ2v) is 4.75. The zero-order chi connectivity index (χ0) is 10.8. The smallest absolute Gasteiger partial charge is 0.160 e. The summed E-state index contributed by atoms with van der Waals surface area (Å²) in [5.74, 6) is 0. The summed E-state index contributed by atoms with van der Waals surface area (Å²) >= 11 is 7.65. The van der Waals surface area contributed by atoms with Crippen molar-refractivity contribution in [1.29, 1.82) is 0 Å². The second-order valence-electron chi connectivity index (χ2n) is 3.26. The van der Waals surface area contributed by atoms with Gasteiger partial charge in [-0.2, -0.15) is 0 Å². The average molecular weight is 237 g/mol. The zero-order valence-corrected chi connectivity index (χ0v) is 9.73. The standard InChI is InChI=1S/C12H9ClOS/c1-8-3-2-4-10(12(8)13)11-6-5-9(7-14)15-11/h2-7H,1H3. The Morgan fingerprint density at radius 2 is 2.07 bits per heavy atom. The number of aryl methyl sites for hydroxylation is 1. The van der Waals surface area contributed by atoms with Gasteiger partial charge in [0.05, 0.1) is 9.90 Å². The number of rotatable bonds is 2. The van der Waals surface area contributed by atoms with Crippen LogP contribution in [-0.4, -0.2) is 6.29 Å². The van der Waals surface area contributed by atoms with Crippen LogP contribution in [0, 0.1) is 6.92 Å². The van der Waals surface area contributed by atoms with Gasteiger partial charge in [-0.25, -0.2) is 0 Å². The molecule has 0 aliphatic rings. The van der Waals surface area contributed by atoms with E-state index in [4.69, 9.17) is 11.6 Å². The molecule has 2 rings (SSSR count). The van der Waals surface area contributed by atoms with E-state index < -0.39 is 0 Å². The topological polar surface area (TPSA) is 17.1 Å². The van der Waals surface area contributed by atoms with E-state index in [0.717, 1.165) is 32.2 Å². The van der Waals surface area contributed by atoms with Crippen LogP contribution in [0.3, 0.4) is 0 Å². The van der Waals surface area contributed by atoms with Crippen molar-refractivity contribution in [2.45, 2.75) is 6.92 Å². The van der Waals surface area contributed by atoms with E-state index in [9.17, 15) is 4.79 Å². The lowest BCUT2D eigenvalue weighted by Crippen LogP contribution is -1.79. The Bertz CT molecular complexity index is 502. The molecule has 0 bridgehead atoms. The summed E-state index contributed by atoms with van der Waals surface area (Å²) in [6, 6.07) is 9.65. The van der Waals surface area contributed by atoms with Crippen LogP contribution in [0.15, 0.2) is 30.3 Å². The molecular weight excluding hydrogens is 228 g/mol. The van der Waals surface area contributed by atoms with Gasteiger partial charge in [0.15, 0.2) is 6.29 Å². The third-order valence-electron chi connectivity index (χ3n) is 2.20. The van der Waals surface area contributed by atoms with E-state index in [0.29, 0.717) is 0 Å². The maximum Gasteiger partial charge on any atom is 0.160 e. The van der Waals surface area contributed by atoms with Crippen LogP contribution in [0.2, 0.25) is 5.02 Å². The van der Waals surface area contributed by atoms with E-state index >= 15 is 0 Å². The molecule has 0 unspecified atom stereocenters. The minimum atomic E-state index is 0.725. The van der Waals surface area contributed by atoms with Gasteiger partial charge in [0, 0.05) is 10.4 Å². The Labute approximate surface area is 97.3 Å². The first-order valence-corrected chi connectivity index (χ1v) is 5.72. The molecule has 0 saturated heterocycles. The highest BCUT2D eigenvalue weighted by Crippen LogP contribution is 2.34. The van der Waals surface area contributed by atoms with Gasteiger partial charge in [-0.3, -0.25) is 4.79 Å². The fraction of sp³-hybridized carbons (Fsp3) is 0.0833. The molecule has 0 aliphatic carbocycles. The first kappa shape index (κ1) is 10.4. The minimum absolute atomic E-state index is 0.725. The predicted octanol–water partition coefficient (Wildman–Crippen LogP) is 4.19. The lowest BCUT2D eigenvalue weighted by atomic mass is 10.1. The molecule has 0 fully saturated rings. The number of aldehydes is 1. The van der Waals surface area contributed by atoms with E-state index in [1.165, 1.54) is 11.3 Å². The fourth-order valence-corrected chi connectivity index (χ4v) is 2.54. The molecule has 1 heterocycles. The molecule has 0 radical (unpaired) electrons. The van der Waals surface area contributed by atoms with Crippen molar-refractivity contribution in [3.8, 4) is 10.4 Å². The molecule has 15 heavy (non-hydrogen) atoms. The fourth-order valence-electron chi connectivity index (χ4n) is 1.40. The molecule has 2 aromatic rings. The number of benzene rings is 1. The van der Waals surface area contributed by atoms with Gasteiger partial charge in [-0.15, -0.1) is 11.3 Å². The third-order valence-corrected chi connectivity index (χ3v) is 3.75. The van der Waals surface area contributed by atoms with Crippen molar-refractivity contribution in [1.82, 2.24) is 0 Å². The van der Waals surface area contributed by atoms with Crippen LogP contribution in [-0.2, 0) is 0 Å². The summed E-state index contributed by atoms with van der Waals surface area (Å²) in [7, 11) is 0. The summed E-state index contributed by atoms with van der Waals surface area (Å²) in [6.45, 7) is 1.97. The van der Waals surface area contributed by atoms with E-state index in [1.807, 2.05) is 37.3 Å². The molecule has 1 aromatic heterocycles. The van der Waals surface area contributed by atoms with Crippen LogP contribution in [0.1, 0.15) is 15.2 Å². The predicted molar refractivity (Wildman–Crippen MR) is 64.9 cm³/mol. The third kappa shape index (κ3) is 1.96. The number of carbonyl (C=O) groups excluding carboxylic acids is 1. The first-order chi connectivity index (χ1) is 7.22. The Balaban J connectivity index is 2.53. The SMILES string of the molecule is Cc1cccc(-c2ccc(C=O)s2)c1Cl. The summed E-state index contributed by atoms with van der Waals surface area (Å²) < 4.78 is 0. The molecule has 0 amide bonds. The number of hydrogen-bond donors (Lipinski definition) is 0. The van der Waals surface area contributed by atoms with Crippen molar-refractivity contribution in [3.05, 3.63) is 45.8 Å².